The molecule has 0 spiro atoms. The fraction of sp³-hybridized carbons (Fsp3) is 0.300. The molecule has 0 aromatic heterocycles. The second-order valence-corrected chi connectivity index (χ2v) is 9.88. The van der Waals surface area contributed by atoms with Crippen molar-refractivity contribution in [3.63, 3.8) is 0 Å². The number of benzene rings is 3. The number of rotatable bonds is 10. The zero-order valence-corrected chi connectivity index (χ0v) is 22.4. The van der Waals surface area contributed by atoms with E-state index in [0.717, 1.165) is 0 Å². The minimum atomic E-state index is -1.10. The van der Waals surface area contributed by atoms with Crippen LogP contribution in [0.2, 0.25) is 0 Å². The molecule has 0 bridgehead atoms. The van der Waals surface area contributed by atoms with Crippen molar-refractivity contribution in [3.05, 3.63) is 89.0 Å². The molecule has 1 unspecified atom stereocenters. The molecule has 1 atom stereocenters. The predicted molar refractivity (Wildman–Crippen MR) is 145 cm³/mol. The summed E-state index contributed by atoms with van der Waals surface area (Å²) in [6.45, 7) is 4.94. The highest BCUT2D eigenvalue weighted by atomic mass is 16.6. The minimum Gasteiger partial charge on any atom is -0.489 e. The van der Waals surface area contributed by atoms with Gasteiger partial charge in [-0.1, -0.05) is 36.4 Å². The van der Waals surface area contributed by atoms with Crippen molar-refractivity contribution in [1.29, 1.82) is 0 Å². The molecule has 0 heterocycles. The van der Waals surface area contributed by atoms with Crippen molar-refractivity contribution < 1.29 is 38.8 Å². The molecule has 0 fully saturated rings. The highest BCUT2D eigenvalue weighted by molar-refractivity contribution is 5.90. The monoisotopic (exact) mass is 535 g/mol. The van der Waals surface area contributed by atoms with E-state index in [9.17, 15) is 24.6 Å². The number of carbonyl (C=O) groups excluding carboxylic acids is 2. The first kappa shape index (κ1) is 29.2. The van der Waals surface area contributed by atoms with Crippen LogP contribution < -0.4 is 10.1 Å². The highest BCUT2D eigenvalue weighted by Gasteiger charge is 2.21. The van der Waals surface area contributed by atoms with Crippen LogP contribution in [0.25, 0.3) is 11.1 Å². The molecule has 0 aliphatic rings. The van der Waals surface area contributed by atoms with E-state index in [1.165, 1.54) is 13.2 Å². The average molecular weight is 536 g/mol. The van der Waals surface area contributed by atoms with Crippen LogP contribution in [0.3, 0.4) is 0 Å². The summed E-state index contributed by atoms with van der Waals surface area (Å²) in [5.74, 6) is -1.00. The average Bonchev–Trinajstić information content (AvgIpc) is 2.90. The summed E-state index contributed by atoms with van der Waals surface area (Å²) in [6, 6.07) is 18.3. The molecule has 1 amide bonds. The number of carbonyl (C=O) groups is 3. The van der Waals surface area contributed by atoms with Crippen molar-refractivity contribution in [3.8, 4) is 16.9 Å². The Morgan fingerprint density at radius 1 is 0.949 bits per heavy atom. The van der Waals surface area contributed by atoms with E-state index < -0.39 is 29.7 Å². The number of ether oxygens (including phenoxy) is 3. The second-order valence-electron chi connectivity index (χ2n) is 9.88. The molecule has 3 rings (SSSR count). The molecule has 9 heteroatoms. The van der Waals surface area contributed by atoms with Crippen LogP contribution in [-0.2, 0) is 27.3 Å². The lowest BCUT2D eigenvalue weighted by Crippen LogP contribution is -2.36. The van der Waals surface area contributed by atoms with Crippen LogP contribution in [0.4, 0.5) is 4.79 Å². The Kier molecular flexibility index (Phi) is 9.68. The summed E-state index contributed by atoms with van der Waals surface area (Å²) in [5.41, 5.74) is 2.56. The predicted octanol–water partition coefficient (Wildman–Crippen LogP) is 4.90. The number of hydrogen-bond acceptors (Lipinski definition) is 7. The lowest BCUT2D eigenvalue weighted by molar-refractivity contribution is -0.139. The maximum absolute atomic E-state index is 12.3. The fourth-order valence-electron chi connectivity index (χ4n) is 3.86. The van der Waals surface area contributed by atoms with Crippen LogP contribution in [0.5, 0.6) is 5.75 Å². The number of carboxylic acids is 1. The number of para-hydroxylation sites is 1. The molecule has 0 aliphatic heterocycles. The van der Waals surface area contributed by atoms with Crippen LogP contribution in [0.1, 0.15) is 53.9 Å². The molecule has 206 valence electrons. The van der Waals surface area contributed by atoms with Gasteiger partial charge < -0.3 is 29.7 Å². The number of esters is 1. The van der Waals surface area contributed by atoms with Gasteiger partial charge in [0.1, 0.15) is 18.0 Å². The van der Waals surface area contributed by atoms with Crippen molar-refractivity contribution in [2.45, 2.75) is 45.4 Å². The number of aliphatic hydroxyl groups excluding tert-OH is 1. The lowest BCUT2D eigenvalue weighted by Gasteiger charge is -2.23. The largest absolute Gasteiger partial charge is 0.489 e. The van der Waals surface area contributed by atoms with Crippen molar-refractivity contribution in [2.75, 3.05) is 13.7 Å². The molecule has 0 aliphatic carbocycles. The minimum absolute atomic E-state index is 0.0449. The van der Waals surface area contributed by atoms with E-state index in [4.69, 9.17) is 14.2 Å². The number of alkyl carbamates (subject to hydrolysis) is 1. The van der Waals surface area contributed by atoms with Gasteiger partial charge in [-0.05, 0) is 73.4 Å². The van der Waals surface area contributed by atoms with Crippen LogP contribution in [0.15, 0.2) is 66.7 Å². The lowest BCUT2D eigenvalue weighted by atomic mass is 9.96. The number of carboxylic acid groups (broad SMARTS) is 1. The van der Waals surface area contributed by atoms with Crippen molar-refractivity contribution >= 4 is 18.0 Å². The van der Waals surface area contributed by atoms with Gasteiger partial charge in [-0.25, -0.2) is 9.59 Å². The fourth-order valence-corrected chi connectivity index (χ4v) is 3.86. The summed E-state index contributed by atoms with van der Waals surface area (Å²) in [5, 5.41) is 22.3. The van der Waals surface area contributed by atoms with Gasteiger partial charge in [-0.2, -0.15) is 0 Å². The van der Waals surface area contributed by atoms with Gasteiger partial charge in [0, 0.05) is 5.56 Å². The molecule has 0 saturated carbocycles. The molecule has 3 aromatic carbocycles. The third kappa shape index (κ3) is 8.58. The Morgan fingerprint density at radius 3 is 2.36 bits per heavy atom. The topological polar surface area (TPSA) is 131 Å². The Morgan fingerprint density at radius 2 is 1.69 bits per heavy atom. The van der Waals surface area contributed by atoms with E-state index in [0.29, 0.717) is 33.6 Å². The Balaban J connectivity index is 1.87. The first-order chi connectivity index (χ1) is 18.5. The van der Waals surface area contributed by atoms with Gasteiger partial charge in [0.2, 0.25) is 0 Å². The molecule has 3 aromatic rings. The van der Waals surface area contributed by atoms with Crippen LogP contribution in [0, 0.1) is 0 Å². The normalized spacial score (nSPS) is 11.8. The van der Waals surface area contributed by atoms with Gasteiger partial charge in [-0.3, -0.25) is 4.79 Å². The summed E-state index contributed by atoms with van der Waals surface area (Å²) in [7, 11) is 1.32. The quantitative estimate of drug-likeness (QED) is 0.312. The van der Waals surface area contributed by atoms with Crippen molar-refractivity contribution in [2.24, 2.45) is 0 Å². The maximum Gasteiger partial charge on any atom is 0.408 e. The molecule has 0 saturated heterocycles. The Bertz CT molecular complexity index is 1330. The maximum atomic E-state index is 12.3. The zero-order chi connectivity index (χ0) is 28.6. The van der Waals surface area contributed by atoms with E-state index in [-0.39, 0.29) is 25.2 Å². The van der Waals surface area contributed by atoms with Gasteiger partial charge in [0.15, 0.2) is 0 Å². The van der Waals surface area contributed by atoms with Crippen LogP contribution >= 0.6 is 0 Å². The molecule has 0 radical (unpaired) electrons. The summed E-state index contributed by atoms with van der Waals surface area (Å²) in [4.78, 5) is 35.9. The first-order valence-corrected chi connectivity index (χ1v) is 12.3. The van der Waals surface area contributed by atoms with Crippen molar-refractivity contribution in [1.82, 2.24) is 5.32 Å². The molecule has 9 nitrogen and oxygen atoms in total. The highest BCUT2D eigenvalue weighted by Crippen LogP contribution is 2.27. The van der Waals surface area contributed by atoms with Gasteiger partial charge in [0.05, 0.1) is 31.7 Å². The molecule has 39 heavy (non-hydrogen) atoms. The van der Waals surface area contributed by atoms with E-state index in [2.05, 4.69) is 5.32 Å². The Hall–Kier alpha value is -4.37. The van der Waals surface area contributed by atoms with E-state index in [1.54, 1.807) is 69.3 Å². The summed E-state index contributed by atoms with van der Waals surface area (Å²) in [6.07, 6.45) is -0.616. The number of hydrogen-bond donors (Lipinski definition) is 3. The number of nitrogens with one attached hydrogen (secondary N) is 1. The Labute approximate surface area is 227 Å². The standard InChI is InChI=1S/C30H33NO8/c1-30(2,3)39-29(36)31-25(17-32)21-10-7-9-20(14-21)23-12-19(13-24(15-23)28(34)35)18-38-26-11-6-5-8-22(26)16-27(33)37-4/h5-15,25,32H,16-18H2,1-4H3,(H,31,36)(H,34,35). The van der Waals surface area contributed by atoms with E-state index >= 15 is 0 Å². The number of methoxy groups -OCH3 is 1. The third-order valence-corrected chi connectivity index (χ3v) is 5.67. The first-order valence-electron chi connectivity index (χ1n) is 12.3. The van der Waals surface area contributed by atoms with E-state index in [1.807, 2.05) is 12.1 Å². The SMILES string of the molecule is COC(=O)Cc1ccccc1OCc1cc(C(=O)O)cc(-c2cccc(C(CO)NC(=O)OC(C)(C)C)c2)c1. The molecular weight excluding hydrogens is 502 g/mol. The number of amides is 1. The third-order valence-electron chi connectivity index (χ3n) is 5.67. The van der Waals surface area contributed by atoms with Gasteiger partial charge >= 0.3 is 18.0 Å². The number of aromatic carboxylic acids is 1. The molecular formula is C30H33NO8. The smallest absolute Gasteiger partial charge is 0.408 e. The number of aliphatic hydroxyl groups is 1. The molecule has 3 N–H and O–H groups in total. The van der Waals surface area contributed by atoms with Gasteiger partial charge in [-0.15, -0.1) is 0 Å². The summed E-state index contributed by atoms with van der Waals surface area (Å²) < 4.78 is 16.0. The zero-order valence-electron chi connectivity index (χ0n) is 22.4. The van der Waals surface area contributed by atoms with Crippen LogP contribution in [-0.4, -0.2) is 47.6 Å². The summed E-state index contributed by atoms with van der Waals surface area (Å²) >= 11 is 0. The van der Waals surface area contributed by atoms with Gasteiger partial charge in [0.25, 0.3) is 0 Å². The second kappa shape index (κ2) is 12.9.